The average molecular weight is 405 g/mol. The zero-order chi connectivity index (χ0) is 20.0. The third-order valence-electron chi connectivity index (χ3n) is 3.19. The highest BCUT2D eigenvalue weighted by Crippen LogP contribution is 2.42. The van der Waals surface area contributed by atoms with Crippen LogP contribution in [0.5, 0.6) is 12.0 Å². The van der Waals surface area contributed by atoms with E-state index in [1.807, 2.05) is 0 Å². The van der Waals surface area contributed by atoms with E-state index in [9.17, 15) is 14.6 Å². The van der Waals surface area contributed by atoms with Gasteiger partial charge in [-0.1, -0.05) is 0 Å². The van der Waals surface area contributed by atoms with E-state index in [0.29, 0.717) is 6.61 Å². The van der Waals surface area contributed by atoms with Crippen molar-refractivity contribution in [1.82, 2.24) is 19.5 Å². The first kappa shape index (κ1) is 21.3. The number of anilines is 1. The van der Waals surface area contributed by atoms with Gasteiger partial charge >= 0.3 is 13.6 Å². The molecule has 12 nitrogen and oxygen atoms in total. The molecule has 0 saturated carbocycles. The van der Waals surface area contributed by atoms with Crippen molar-refractivity contribution >= 4 is 24.6 Å². The van der Waals surface area contributed by atoms with Gasteiger partial charge in [0.25, 0.3) is 6.01 Å². The van der Waals surface area contributed by atoms with E-state index in [4.69, 9.17) is 24.5 Å². The summed E-state index contributed by atoms with van der Waals surface area (Å²) in [5.74, 6) is 0.0487. The number of rotatable bonds is 11. The topological polar surface area (TPSA) is 164 Å². The predicted molar refractivity (Wildman–Crippen MR) is 95.6 cm³/mol. The molecule has 13 heteroatoms. The van der Waals surface area contributed by atoms with Gasteiger partial charge in [0, 0.05) is 7.11 Å². The van der Waals surface area contributed by atoms with Crippen molar-refractivity contribution in [3.8, 4) is 12.0 Å². The van der Waals surface area contributed by atoms with Crippen molar-refractivity contribution in [2.24, 2.45) is 0 Å². The summed E-state index contributed by atoms with van der Waals surface area (Å²) >= 11 is 0. The lowest BCUT2D eigenvalue weighted by molar-refractivity contribution is 0.125. The maximum Gasteiger partial charge on any atom is 0.353 e. The van der Waals surface area contributed by atoms with Crippen LogP contribution >= 0.6 is 7.60 Å². The number of hydrogen-bond acceptors (Lipinski definition) is 10. The van der Waals surface area contributed by atoms with Gasteiger partial charge in [0.15, 0.2) is 17.0 Å². The minimum atomic E-state index is -3.83. The van der Waals surface area contributed by atoms with Gasteiger partial charge in [-0.15, -0.1) is 0 Å². The molecule has 27 heavy (non-hydrogen) atoms. The molecule has 0 aliphatic heterocycles. The fourth-order valence-corrected chi connectivity index (χ4v) is 3.25. The number of nitrogens with two attached hydrogens (primary N) is 1. The number of aromatic hydroxyl groups is 1. The second kappa shape index (κ2) is 9.29. The molecule has 2 aromatic rings. The summed E-state index contributed by atoms with van der Waals surface area (Å²) in [6.07, 6.45) is -0.872. The Kier molecular flexibility index (Phi) is 7.33. The molecule has 2 rings (SSSR count). The van der Waals surface area contributed by atoms with E-state index in [1.54, 1.807) is 13.8 Å². The second-order valence-corrected chi connectivity index (χ2v) is 7.54. The Hall–Kier alpha value is -1.98. The highest BCUT2D eigenvalue weighted by Gasteiger charge is 2.22. The summed E-state index contributed by atoms with van der Waals surface area (Å²) in [5, 5.41) is 10.0. The molecule has 1 unspecified atom stereocenters. The molecular formula is C14H24N5O7P. The van der Waals surface area contributed by atoms with Crippen molar-refractivity contribution < 1.29 is 33.3 Å². The molecule has 4 N–H and O–H groups in total. The van der Waals surface area contributed by atoms with Gasteiger partial charge < -0.3 is 34.5 Å². The Morgan fingerprint density at radius 2 is 1.96 bits per heavy atom. The Balaban J connectivity index is 2.06. The number of nitrogen functional groups attached to an aromatic ring is 1. The smallest absolute Gasteiger partial charge is 0.353 e. The van der Waals surface area contributed by atoms with E-state index >= 15 is 0 Å². The summed E-state index contributed by atoms with van der Waals surface area (Å²) in [7, 11) is -2.30. The minimum Gasteiger partial charge on any atom is -0.480 e. The molecule has 2 heterocycles. The number of imidazole rings is 1. The molecule has 0 saturated heterocycles. The second-order valence-electron chi connectivity index (χ2n) is 5.80. The van der Waals surface area contributed by atoms with Crippen LogP contribution in [0, 0.1) is 0 Å². The summed E-state index contributed by atoms with van der Waals surface area (Å²) in [5.41, 5.74) is 6.30. The minimum absolute atomic E-state index is 0.00873. The van der Waals surface area contributed by atoms with Crippen LogP contribution in [0.15, 0.2) is 0 Å². The van der Waals surface area contributed by atoms with Crippen LogP contribution in [0.25, 0.3) is 11.2 Å². The standard InChI is InChI=1S/C14H24N5O7P/c1-9(2)26-27(21,22)8-24-5-4-19-12-10(16-14(19)20)11(15)17-13(18-12)25-7-6-23-3/h9H,4-8H2,1-3H3,(H,16,20)(H,21,22)(H2,15,17,18). The van der Waals surface area contributed by atoms with Gasteiger partial charge in [-0.2, -0.15) is 15.0 Å². The highest BCUT2D eigenvalue weighted by atomic mass is 31.2. The van der Waals surface area contributed by atoms with Crippen LogP contribution < -0.4 is 10.5 Å². The number of nitrogens with zero attached hydrogens (tertiary/aromatic N) is 4. The van der Waals surface area contributed by atoms with Crippen LogP contribution in [-0.4, -0.2) is 68.9 Å². The number of methoxy groups -OCH3 is 1. The number of hydrogen-bond donors (Lipinski definition) is 3. The van der Waals surface area contributed by atoms with Gasteiger partial charge in [0.1, 0.15) is 13.0 Å². The molecule has 0 fully saturated rings. The molecule has 0 radical (unpaired) electrons. The Labute approximate surface area is 155 Å². The van der Waals surface area contributed by atoms with Crippen molar-refractivity contribution in [3.05, 3.63) is 0 Å². The molecular weight excluding hydrogens is 381 g/mol. The zero-order valence-electron chi connectivity index (χ0n) is 15.4. The van der Waals surface area contributed by atoms with Gasteiger partial charge in [-0.25, -0.2) is 0 Å². The monoisotopic (exact) mass is 405 g/mol. The molecule has 152 valence electrons. The van der Waals surface area contributed by atoms with Crippen molar-refractivity contribution in [3.63, 3.8) is 0 Å². The van der Waals surface area contributed by atoms with Gasteiger partial charge in [0.05, 0.1) is 25.9 Å². The fraction of sp³-hybridized carbons (Fsp3) is 0.643. The van der Waals surface area contributed by atoms with E-state index in [2.05, 4.69) is 15.0 Å². The maximum atomic E-state index is 11.8. The fourth-order valence-electron chi connectivity index (χ4n) is 2.17. The molecule has 1 atom stereocenters. The number of ether oxygens (including phenoxy) is 3. The van der Waals surface area contributed by atoms with E-state index < -0.39 is 20.0 Å². The first-order chi connectivity index (χ1) is 12.7. The third-order valence-corrected chi connectivity index (χ3v) is 4.45. The van der Waals surface area contributed by atoms with Gasteiger partial charge in [0.2, 0.25) is 0 Å². The lowest BCUT2D eigenvalue weighted by atomic mass is 10.5. The van der Waals surface area contributed by atoms with Crippen LogP contribution in [0.3, 0.4) is 0 Å². The molecule has 2 aromatic heterocycles. The summed E-state index contributed by atoms with van der Waals surface area (Å²) < 4.78 is 33.4. The van der Waals surface area contributed by atoms with Crippen molar-refractivity contribution in [2.75, 3.05) is 39.0 Å². The van der Waals surface area contributed by atoms with E-state index in [1.165, 1.54) is 11.7 Å². The zero-order valence-corrected chi connectivity index (χ0v) is 16.3. The number of aromatic nitrogens is 4. The molecule has 0 amide bonds. The summed E-state index contributed by atoms with van der Waals surface area (Å²) in [4.78, 5) is 21.7. The van der Waals surface area contributed by atoms with Crippen molar-refractivity contribution in [1.29, 1.82) is 0 Å². The van der Waals surface area contributed by atoms with Crippen LogP contribution in [0.4, 0.5) is 5.82 Å². The highest BCUT2D eigenvalue weighted by molar-refractivity contribution is 7.52. The van der Waals surface area contributed by atoms with Crippen LogP contribution in [0.1, 0.15) is 13.8 Å². The molecule has 0 aliphatic carbocycles. The molecule has 0 bridgehead atoms. The van der Waals surface area contributed by atoms with Crippen molar-refractivity contribution in [2.45, 2.75) is 26.5 Å². The van der Waals surface area contributed by atoms with Gasteiger partial charge in [-0.05, 0) is 13.8 Å². The Morgan fingerprint density at radius 1 is 1.22 bits per heavy atom. The Bertz CT molecular complexity index is 813. The predicted octanol–water partition coefficient (Wildman–Crippen LogP) is 0.724. The first-order valence-electron chi connectivity index (χ1n) is 8.16. The third kappa shape index (κ3) is 6.01. The molecule has 0 spiro atoms. The molecule has 0 aromatic carbocycles. The molecule has 0 aliphatic rings. The maximum absolute atomic E-state index is 11.8. The lowest BCUT2D eigenvalue weighted by Crippen LogP contribution is -2.11. The summed E-state index contributed by atoms with van der Waals surface area (Å²) in [6.45, 7) is 3.99. The quantitative estimate of drug-likeness (QED) is 0.356. The van der Waals surface area contributed by atoms with E-state index in [-0.39, 0.29) is 48.8 Å². The lowest BCUT2D eigenvalue weighted by Gasteiger charge is -2.15. The van der Waals surface area contributed by atoms with Crippen LogP contribution in [-0.2, 0) is 25.1 Å². The van der Waals surface area contributed by atoms with E-state index in [0.717, 1.165) is 0 Å². The van der Waals surface area contributed by atoms with Gasteiger partial charge in [-0.3, -0.25) is 9.13 Å². The normalized spacial score (nSPS) is 14.0. The largest absolute Gasteiger partial charge is 0.480 e. The number of fused-ring (bicyclic) bond motifs is 1. The SMILES string of the molecule is COCCOc1nc(N)c2nc(O)n(CCOCP(=O)(O)OC(C)C)c2n1. The average Bonchev–Trinajstić information content (AvgIpc) is 2.87. The van der Waals surface area contributed by atoms with Crippen LogP contribution in [0.2, 0.25) is 0 Å². The summed E-state index contributed by atoms with van der Waals surface area (Å²) in [6, 6.07) is -0.321. The Morgan fingerprint density at radius 3 is 2.63 bits per heavy atom. The first-order valence-corrected chi connectivity index (χ1v) is 9.92.